The minimum absolute atomic E-state index is 0.0207. The molecule has 1 aliphatic heterocycles. The fourth-order valence-corrected chi connectivity index (χ4v) is 3.21. The van der Waals surface area contributed by atoms with Crippen LogP contribution in [0.5, 0.6) is 0 Å². The molecule has 0 aliphatic carbocycles. The van der Waals surface area contributed by atoms with Crippen molar-refractivity contribution in [2.45, 2.75) is 13.3 Å². The lowest BCUT2D eigenvalue weighted by Crippen LogP contribution is -2.03. The van der Waals surface area contributed by atoms with Crippen LogP contribution >= 0.6 is 11.3 Å². The topological polar surface area (TPSA) is 66.4 Å². The van der Waals surface area contributed by atoms with Gasteiger partial charge >= 0.3 is 5.97 Å². The lowest BCUT2D eigenvalue weighted by atomic mass is 9.99. The van der Waals surface area contributed by atoms with Crippen molar-refractivity contribution in [1.82, 2.24) is 0 Å². The van der Waals surface area contributed by atoms with Gasteiger partial charge in [-0.2, -0.15) is 0 Å². The van der Waals surface area contributed by atoms with Crippen molar-refractivity contribution >= 4 is 28.9 Å². The van der Waals surface area contributed by atoms with Crippen LogP contribution in [0, 0.1) is 6.92 Å². The second-order valence-corrected chi connectivity index (χ2v) is 5.57. The summed E-state index contributed by atoms with van der Waals surface area (Å²) in [6.07, 6.45) is 0.356. The summed E-state index contributed by atoms with van der Waals surface area (Å²) in [7, 11) is 0. The molecular formula is C14H11NO3S. The molecule has 0 unspecified atom stereocenters. The van der Waals surface area contributed by atoms with Crippen LogP contribution in [-0.4, -0.2) is 17.0 Å². The van der Waals surface area contributed by atoms with Gasteiger partial charge in [0.1, 0.15) is 0 Å². The molecule has 1 amide bonds. The number of anilines is 1. The molecule has 4 nitrogen and oxygen atoms in total. The summed E-state index contributed by atoms with van der Waals surface area (Å²) in [4.78, 5) is 23.5. The van der Waals surface area contributed by atoms with Crippen molar-refractivity contribution in [3.8, 4) is 11.1 Å². The molecule has 0 saturated carbocycles. The van der Waals surface area contributed by atoms with Gasteiger partial charge < -0.3 is 10.4 Å². The van der Waals surface area contributed by atoms with Gasteiger partial charge in [0.25, 0.3) is 0 Å². The molecule has 2 heterocycles. The van der Waals surface area contributed by atoms with Crippen LogP contribution in [0.3, 0.4) is 0 Å². The Balaban J connectivity index is 2.14. The number of aromatic carboxylic acids is 1. The zero-order valence-electron chi connectivity index (χ0n) is 10.2. The molecule has 19 heavy (non-hydrogen) atoms. The van der Waals surface area contributed by atoms with Crippen LogP contribution in [0.1, 0.15) is 20.8 Å². The van der Waals surface area contributed by atoms with Gasteiger partial charge in [0.15, 0.2) is 0 Å². The average Bonchev–Trinajstić information content (AvgIpc) is 2.89. The summed E-state index contributed by atoms with van der Waals surface area (Å²) in [5, 5.41) is 13.6. The third kappa shape index (κ3) is 1.92. The molecule has 1 aliphatic rings. The molecule has 0 fully saturated rings. The first kappa shape index (κ1) is 11.9. The summed E-state index contributed by atoms with van der Waals surface area (Å²) in [5.41, 5.74) is 3.66. The summed E-state index contributed by atoms with van der Waals surface area (Å²) in [6, 6.07) is 5.58. The molecule has 0 bridgehead atoms. The fourth-order valence-electron chi connectivity index (χ4n) is 2.36. The molecular weight excluding hydrogens is 262 g/mol. The molecule has 1 aromatic carbocycles. The van der Waals surface area contributed by atoms with Crippen molar-refractivity contribution in [1.29, 1.82) is 0 Å². The number of carboxylic acids is 1. The second kappa shape index (κ2) is 4.20. The number of hydrogen-bond acceptors (Lipinski definition) is 3. The highest BCUT2D eigenvalue weighted by atomic mass is 32.1. The number of benzene rings is 1. The Hall–Kier alpha value is -2.14. The number of hydrogen-bond donors (Lipinski definition) is 2. The van der Waals surface area contributed by atoms with Gasteiger partial charge in [-0.25, -0.2) is 4.79 Å². The van der Waals surface area contributed by atoms with E-state index in [0.717, 1.165) is 27.3 Å². The monoisotopic (exact) mass is 273 g/mol. The zero-order chi connectivity index (χ0) is 13.6. The van der Waals surface area contributed by atoms with Crippen LogP contribution < -0.4 is 5.32 Å². The van der Waals surface area contributed by atoms with Gasteiger partial charge in [0.05, 0.1) is 12.0 Å². The largest absolute Gasteiger partial charge is 0.478 e. The maximum Gasteiger partial charge on any atom is 0.337 e. The van der Waals surface area contributed by atoms with Gasteiger partial charge in [0, 0.05) is 21.5 Å². The molecule has 2 N–H and O–H groups in total. The second-order valence-electron chi connectivity index (χ2n) is 4.48. The van der Waals surface area contributed by atoms with E-state index in [4.69, 9.17) is 0 Å². The van der Waals surface area contributed by atoms with Gasteiger partial charge in [0.2, 0.25) is 5.91 Å². The number of amides is 1. The predicted molar refractivity (Wildman–Crippen MR) is 73.8 cm³/mol. The van der Waals surface area contributed by atoms with E-state index in [1.54, 1.807) is 5.38 Å². The number of carbonyl (C=O) groups excluding carboxylic acids is 1. The van der Waals surface area contributed by atoms with E-state index in [1.807, 2.05) is 25.1 Å². The molecule has 0 spiro atoms. The van der Waals surface area contributed by atoms with E-state index in [9.17, 15) is 14.7 Å². The predicted octanol–water partition coefficient (Wildman–Crippen LogP) is 2.92. The van der Waals surface area contributed by atoms with E-state index in [0.29, 0.717) is 12.0 Å². The number of fused-ring (bicyclic) bond motifs is 1. The van der Waals surface area contributed by atoms with Crippen LogP contribution in [0.25, 0.3) is 11.1 Å². The summed E-state index contributed by atoms with van der Waals surface area (Å²) >= 11 is 1.42. The maximum atomic E-state index is 11.3. The SMILES string of the molecule is Cc1scc(C(=O)O)c1-c1ccc2c(c1)CC(=O)N2. The lowest BCUT2D eigenvalue weighted by molar-refractivity contribution is -0.115. The summed E-state index contributed by atoms with van der Waals surface area (Å²) in [6.45, 7) is 1.91. The third-order valence-electron chi connectivity index (χ3n) is 3.22. The molecule has 96 valence electrons. The first-order valence-electron chi connectivity index (χ1n) is 5.81. The van der Waals surface area contributed by atoms with Crippen LogP contribution in [0.15, 0.2) is 23.6 Å². The molecule has 0 radical (unpaired) electrons. The first-order valence-corrected chi connectivity index (χ1v) is 6.69. The number of thiophene rings is 1. The lowest BCUT2D eigenvalue weighted by Gasteiger charge is -2.06. The minimum atomic E-state index is -0.922. The Kier molecular flexibility index (Phi) is 2.64. The molecule has 5 heteroatoms. The fraction of sp³-hybridized carbons (Fsp3) is 0.143. The Morgan fingerprint density at radius 1 is 1.42 bits per heavy atom. The molecule has 0 atom stereocenters. The van der Waals surface area contributed by atoms with Gasteiger partial charge in [-0.05, 0) is 30.2 Å². The number of aryl methyl sites for hydroxylation is 1. The Bertz CT molecular complexity index is 703. The van der Waals surface area contributed by atoms with E-state index < -0.39 is 5.97 Å². The van der Waals surface area contributed by atoms with Crippen LogP contribution in [0.4, 0.5) is 5.69 Å². The highest BCUT2D eigenvalue weighted by molar-refractivity contribution is 7.10. The van der Waals surface area contributed by atoms with Crippen molar-refractivity contribution in [3.05, 3.63) is 39.6 Å². The molecule has 3 rings (SSSR count). The maximum absolute atomic E-state index is 11.3. The minimum Gasteiger partial charge on any atom is -0.478 e. The standard InChI is InChI=1S/C14H11NO3S/c1-7-13(10(6-19-7)14(17)18)8-2-3-11-9(4-8)5-12(16)15-11/h2-4,6H,5H2,1H3,(H,15,16)(H,17,18). The average molecular weight is 273 g/mol. The van der Waals surface area contributed by atoms with Crippen molar-refractivity contribution in [2.75, 3.05) is 5.32 Å². The number of nitrogens with one attached hydrogen (secondary N) is 1. The van der Waals surface area contributed by atoms with Crippen LogP contribution in [-0.2, 0) is 11.2 Å². The van der Waals surface area contributed by atoms with Gasteiger partial charge in [-0.15, -0.1) is 11.3 Å². The summed E-state index contributed by atoms with van der Waals surface area (Å²) in [5.74, 6) is -0.943. The Morgan fingerprint density at radius 2 is 2.21 bits per heavy atom. The molecule has 0 saturated heterocycles. The Labute approximate surface area is 113 Å². The van der Waals surface area contributed by atoms with Crippen molar-refractivity contribution in [2.24, 2.45) is 0 Å². The van der Waals surface area contributed by atoms with Crippen LogP contribution in [0.2, 0.25) is 0 Å². The Morgan fingerprint density at radius 3 is 2.95 bits per heavy atom. The van der Waals surface area contributed by atoms with E-state index in [1.165, 1.54) is 11.3 Å². The highest BCUT2D eigenvalue weighted by Gasteiger charge is 2.21. The summed E-state index contributed by atoms with van der Waals surface area (Å²) < 4.78 is 0. The highest BCUT2D eigenvalue weighted by Crippen LogP contribution is 2.35. The first-order chi connectivity index (χ1) is 9.06. The molecule has 1 aromatic heterocycles. The number of rotatable bonds is 2. The van der Waals surface area contributed by atoms with Gasteiger partial charge in [-0.1, -0.05) is 6.07 Å². The normalized spacial score (nSPS) is 13.2. The third-order valence-corrected chi connectivity index (χ3v) is 4.14. The van der Waals surface area contributed by atoms with E-state index >= 15 is 0 Å². The number of carboxylic acid groups (broad SMARTS) is 1. The molecule has 2 aromatic rings. The van der Waals surface area contributed by atoms with Crippen molar-refractivity contribution in [3.63, 3.8) is 0 Å². The number of carbonyl (C=O) groups is 2. The zero-order valence-corrected chi connectivity index (χ0v) is 11.0. The van der Waals surface area contributed by atoms with Crippen molar-refractivity contribution < 1.29 is 14.7 Å². The quantitative estimate of drug-likeness (QED) is 0.884. The van der Waals surface area contributed by atoms with E-state index in [-0.39, 0.29) is 5.91 Å². The smallest absolute Gasteiger partial charge is 0.337 e. The van der Waals surface area contributed by atoms with Gasteiger partial charge in [-0.3, -0.25) is 4.79 Å². The van der Waals surface area contributed by atoms with E-state index in [2.05, 4.69) is 5.32 Å².